The average Bonchev–Trinajstić information content (AvgIpc) is 3.41. The molecule has 1 atom stereocenters. The van der Waals surface area contributed by atoms with Crippen LogP contribution in [0.3, 0.4) is 0 Å². The number of thiazole rings is 1. The van der Waals surface area contributed by atoms with Crippen LogP contribution in [0.15, 0.2) is 48.5 Å². The Kier molecular flexibility index (Phi) is 4.65. The molecule has 1 N–H and O–H groups in total. The maximum absolute atomic E-state index is 12.3. The molecule has 0 aliphatic carbocycles. The summed E-state index contributed by atoms with van der Waals surface area (Å²) in [6, 6.07) is 3.85. The van der Waals surface area contributed by atoms with Crippen molar-refractivity contribution in [2.24, 2.45) is 0 Å². The predicted octanol–water partition coefficient (Wildman–Crippen LogP) is 3.17. The third-order valence-electron chi connectivity index (χ3n) is 4.72. The van der Waals surface area contributed by atoms with Gasteiger partial charge >= 0.3 is 0 Å². The Morgan fingerprint density at radius 3 is 3.14 bits per heavy atom. The third kappa shape index (κ3) is 3.68. The average molecular weight is 426 g/mol. The molecule has 5 rings (SSSR count). The second kappa shape index (κ2) is 7.46. The van der Waals surface area contributed by atoms with Crippen LogP contribution < -0.4 is 10.1 Å². The number of amides is 1. The second-order valence-corrected chi connectivity index (χ2v) is 8.07. The quantitative estimate of drug-likeness (QED) is 0.531. The smallest absolute Gasteiger partial charge is 0.226 e. The van der Waals surface area contributed by atoms with Crippen LogP contribution in [0, 0.1) is 0 Å². The lowest BCUT2D eigenvalue weighted by Crippen LogP contribution is -2.35. The maximum Gasteiger partial charge on any atom is 0.226 e. The lowest BCUT2D eigenvalue weighted by atomic mass is 10.0. The van der Waals surface area contributed by atoms with Crippen LogP contribution in [0.5, 0.6) is 5.75 Å². The predicted molar refractivity (Wildman–Crippen MR) is 110 cm³/mol. The van der Waals surface area contributed by atoms with Gasteiger partial charge in [0, 0.05) is 47.7 Å². The topological polar surface area (TPSA) is 81.4 Å². The number of nitrogens with one attached hydrogen (secondary N) is 1. The number of carbonyl (C=O) groups is 1. The van der Waals surface area contributed by atoms with Gasteiger partial charge < -0.3 is 10.1 Å². The maximum atomic E-state index is 12.3. The van der Waals surface area contributed by atoms with Crippen LogP contribution in [-0.2, 0) is 17.6 Å². The summed E-state index contributed by atoms with van der Waals surface area (Å²) in [5, 5.41) is 5.43. The molecule has 7 nitrogen and oxygen atoms in total. The molecular formula is C20H16ClN5O2S. The number of hydrogen-bond acceptors (Lipinski definition) is 6. The van der Waals surface area contributed by atoms with Crippen molar-refractivity contribution in [2.75, 3.05) is 6.54 Å². The summed E-state index contributed by atoms with van der Waals surface area (Å²) >= 11 is 7.96. The minimum Gasteiger partial charge on any atom is -0.486 e. The van der Waals surface area contributed by atoms with E-state index in [9.17, 15) is 4.79 Å². The highest BCUT2D eigenvalue weighted by Gasteiger charge is 2.26. The van der Waals surface area contributed by atoms with Gasteiger partial charge in [0.2, 0.25) is 5.91 Å². The molecule has 1 aliphatic rings. The highest BCUT2D eigenvalue weighted by molar-refractivity contribution is 7.15. The molecule has 29 heavy (non-hydrogen) atoms. The molecule has 1 unspecified atom stereocenters. The van der Waals surface area contributed by atoms with Gasteiger partial charge in [0.15, 0.2) is 4.96 Å². The number of fused-ring (bicyclic) bond motifs is 2. The van der Waals surface area contributed by atoms with Crippen LogP contribution in [0.4, 0.5) is 0 Å². The molecule has 0 saturated carbocycles. The van der Waals surface area contributed by atoms with Gasteiger partial charge in [-0.1, -0.05) is 11.6 Å². The molecule has 4 heterocycles. The van der Waals surface area contributed by atoms with E-state index >= 15 is 0 Å². The first-order valence-electron chi connectivity index (χ1n) is 9.09. The number of aromatic nitrogens is 4. The lowest BCUT2D eigenvalue weighted by molar-refractivity contribution is -0.120. The van der Waals surface area contributed by atoms with Crippen molar-refractivity contribution < 1.29 is 9.53 Å². The monoisotopic (exact) mass is 425 g/mol. The third-order valence-corrected chi connectivity index (χ3v) is 5.77. The fourth-order valence-electron chi connectivity index (χ4n) is 3.41. The molecule has 146 valence electrons. The molecule has 0 saturated heterocycles. The molecule has 9 heteroatoms. The summed E-state index contributed by atoms with van der Waals surface area (Å²) in [6.45, 7) is 0.409. The number of imidazole rings is 1. The second-order valence-electron chi connectivity index (χ2n) is 6.79. The van der Waals surface area contributed by atoms with E-state index in [0.717, 1.165) is 27.5 Å². The van der Waals surface area contributed by atoms with E-state index in [1.807, 2.05) is 34.3 Å². The van der Waals surface area contributed by atoms with Crippen molar-refractivity contribution in [2.45, 2.75) is 18.9 Å². The minimum atomic E-state index is -0.158. The van der Waals surface area contributed by atoms with E-state index in [1.165, 1.54) is 0 Å². The summed E-state index contributed by atoms with van der Waals surface area (Å²) in [5.41, 5.74) is 3.41. The molecular weight excluding hydrogens is 410 g/mol. The summed E-state index contributed by atoms with van der Waals surface area (Å²) < 4.78 is 7.88. The van der Waals surface area contributed by atoms with Gasteiger partial charge in [-0.3, -0.25) is 19.2 Å². The Bertz CT molecular complexity index is 1160. The lowest BCUT2D eigenvalue weighted by Gasteiger charge is -2.12. The Hall–Kier alpha value is -2.97. The Labute approximate surface area is 175 Å². The largest absolute Gasteiger partial charge is 0.486 e. The zero-order chi connectivity index (χ0) is 19.8. The van der Waals surface area contributed by atoms with E-state index in [4.69, 9.17) is 16.3 Å². The van der Waals surface area contributed by atoms with Crippen molar-refractivity contribution in [3.05, 3.63) is 64.8 Å². The van der Waals surface area contributed by atoms with Crippen molar-refractivity contribution >= 4 is 33.8 Å². The Morgan fingerprint density at radius 1 is 1.38 bits per heavy atom. The number of rotatable bonds is 5. The van der Waals surface area contributed by atoms with E-state index < -0.39 is 0 Å². The van der Waals surface area contributed by atoms with E-state index in [0.29, 0.717) is 23.7 Å². The first-order valence-corrected chi connectivity index (χ1v) is 10.3. The highest BCUT2D eigenvalue weighted by Crippen LogP contribution is 2.39. The van der Waals surface area contributed by atoms with Crippen molar-refractivity contribution in [3.8, 4) is 17.0 Å². The van der Waals surface area contributed by atoms with Gasteiger partial charge in [0.05, 0.1) is 35.6 Å². The summed E-state index contributed by atoms with van der Waals surface area (Å²) in [6.07, 6.45) is 9.54. The van der Waals surface area contributed by atoms with E-state index in [-0.39, 0.29) is 18.4 Å². The number of ether oxygens (including phenoxy) is 1. The number of hydrogen-bond donors (Lipinski definition) is 1. The van der Waals surface area contributed by atoms with E-state index in [2.05, 4.69) is 20.3 Å². The molecule has 0 bridgehead atoms. The minimum absolute atomic E-state index is 0.0818. The number of benzene rings is 1. The zero-order valence-corrected chi connectivity index (χ0v) is 16.8. The summed E-state index contributed by atoms with van der Waals surface area (Å²) in [4.78, 5) is 26.0. The first kappa shape index (κ1) is 18.1. The van der Waals surface area contributed by atoms with Crippen LogP contribution in [0.2, 0.25) is 5.02 Å². The summed E-state index contributed by atoms with van der Waals surface area (Å²) in [5.74, 6) is 0.592. The molecule has 1 aromatic carbocycles. The van der Waals surface area contributed by atoms with Crippen LogP contribution in [0.1, 0.15) is 11.3 Å². The molecule has 4 aromatic rings. The zero-order valence-electron chi connectivity index (χ0n) is 15.2. The first-order chi connectivity index (χ1) is 14.2. The molecule has 0 fully saturated rings. The van der Waals surface area contributed by atoms with Crippen LogP contribution in [-0.4, -0.2) is 37.9 Å². The SMILES string of the molecule is O=C(Cc1cn2ccsc2n1)NCC1Cc2cc(-c3cnccn3)cc(Cl)c2O1. The van der Waals surface area contributed by atoms with E-state index in [1.54, 1.807) is 29.9 Å². The van der Waals surface area contributed by atoms with Crippen LogP contribution >= 0.6 is 22.9 Å². The van der Waals surface area contributed by atoms with Gasteiger partial charge in [-0.25, -0.2) is 4.98 Å². The van der Waals surface area contributed by atoms with Crippen molar-refractivity contribution in [1.29, 1.82) is 0 Å². The molecule has 1 amide bonds. The van der Waals surface area contributed by atoms with Crippen molar-refractivity contribution in [1.82, 2.24) is 24.7 Å². The van der Waals surface area contributed by atoms with Crippen molar-refractivity contribution in [3.63, 3.8) is 0 Å². The fraction of sp³-hybridized carbons (Fsp3) is 0.200. The standard InChI is InChI=1S/C20H16ClN5O2S/c21-16-7-12(17-10-22-1-2-23-17)5-13-6-15(28-19(13)16)9-24-18(27)8-14-11-26-3-4-29-20(26)25-14/h1-5,7,10-11,15H,6,8-9H2,(H,24,27). The van der Waals surface area contributed by atoms with Gasteiger partial charge in [-0.15, -0.1) is 11.3 Å². The van der Waals surface area contributed by atoms with Crippen LogP contribution in [0.25, 0.3) is 16.2 Å². The normalized spacial score (nSPS) is 15.3. The Balaban J connectivity index is 1.22. The summed E-state index contributed by atoms with van der Waals surface area (Å²) in [7, 11) is 0. The number of nitrogens with zero attached hydrogens (tertiary/aromatic N) is 4. The molecule has 1 aliphatic heterocycles. The molecule has 0 spiro atoms. The Morgan fingerprint density at radius 2 is 2.31 bits per heavy atom. The molecule has 3 aromatic heterocycles. The van der Waals surface area contributed by atoms with Gasteiger partial charge in [0.25, 0.3) is 0 Å². The van der Waals surface area contributed by atoms with Gasteiger partial charge in [-0.05, 0) is 12.1 Å². The number of halogens is 1. The number of carbonyl (C=O) groups excluding carboxylic acids is 1. The highest BCUT2D eigenvalue weighted by atomic mass is 35.5. The van der Waals surface area contributed by atoms with Gasteiger partial charge in [-0.2, -0.15) is 0 Å². The molecule has 0 radical (unpaired) electrons. The fourth-order valence-corrected chi connectivity index (χ4v) is 4.42. The van der Waals surface area contributed by atoms with Gasteiger partial charge in [0.1, 0.15) is 11.9 Å².